The first-order valence-electron chi connectivity index (χ1n) is 29.8. The second-order valence-electron chi connectivity index (χ2n) is 23.8. The Balaban J connectivity index is 0.000000140. The second kappa shape index (κ2) is 29.7. The summed E-state index contributed by atoms with van der Waals surface area (Å²) in [5.74, 6) is 1.83. The van der Waals surface area contributed by atoms with Crippen LogP contribution in [0.2, 0.25) is 20.1 Å². The minimum atomic E-state index is -3.14. The molecule has 0 aliphatic carbocycles. The van der Waals surface area contributed by atoms with Gasteiger partial charge in [0.1, 0.15) is 0 Å². The number of aromatic amines is 4. The average molecular weight is 1330 g/mol. The number of amides is 2. The van der Waals surface area contributed by atoms with Crippen molar-refractivity contribution in [3.8, 4) is 0 Å². The lowest BCUT2D eigenvalue weighted by atomic mass is 9.95. The summed E-state index contributed by atoms with van der Waals surface area (Å²) in [5.41, 5.74) is 8.16. The van der Waals surface area contributed by atoms with Gasteiger partial charge in [-0.05, 0) is 124 Å². The number of nitrogens with zero attached hydrogens (tertiary/aromatic N) is 10. The van der Waals surface area contributed by atoms with Gasteiger partial charge in [-0.3, -0.25) is 30.0 Å². The van der Waals surface area contributed by atoms with E-state index in [1.165, 1.54) is 16.8 Å². The number of anilines is 4. The number of hydrogen-bond acceptors (Lipinski definition) is 14. The highest BCUT2D eigenvalue weighted by molar-refractivity contribution is 7.88. The first kappa shape index (κ1) is 66.3. The maximum atomic E-state index is 11.6. The minimum Gasteiger partial charge on any atom is -0.371 e. The Morgan fingerprint density at radius 1 is 0.511 bits per heavy atom. The zero-order valence-corrected chi connectivity index (χ0v) is 55.3. The van der Waals surface area contributed by atoms with E-state index in [2.05, 4.69) is 70.4 Å². The fourth-order valence-electron chi connectivity index (χ4n) is 12.3. The third-order valence-electron chi connectivity index (χ3n) is 17.0. The molecule has 0 saturated carbocycles. The molecule has 8 heterocycles. The van der Waals surface area contributed by atoms with Crippen molar-refractivity contribution in [1.82, 2.24) is 60.0 Å². The standard InChI is InChI=1S/C16H21ClN4O.C15H21ClN4O2S.C15H19ClN4O.C14H19ClN4O2S/c1-11(22)20(2)10-12-3-5-21(6-4-12)16-8-13(17)7-15-14(16)9-18-19-15;1-19(23(2,21)22)9-11-4-3-5-20(10-11)15-7-12(16)6-14-13(15)8-17-18-14;1-10(21)17-7-11-3-2-4-20(9-11)15-6-12(16)5-14-13(15)8-18-19-14;1-22(20,21)17-7-10-3-2-4-19(9-10)14-6-11(15)5-13-12(14)8-16-18-13/h7-9,12H,3-6,10H2,1-2H3,(H,18,19);6-8,11H,3-5,9-10H2,1-2H3,(H,17,18);5-6,8,11H,2-4,7,9H2,1H3,(H,17,21)(H,18,19);5-6,8,10,17H,2-4,7,9H2,1H3,(H,16,18). The van der Waals surface area contributed by atoms with Crippen LogP contribution in [-0.2, 0) is 29.6 Å². The smallest absolute Gasteiger partial charge is 0.219 e. The molecule has 4 aromatic carbocycles. The number of rotatable bonds is 14. The number of fused-ring (bicyclic) bond motifs is 4. The average Bonchev–Trinajstić information content (AvgIpc) is 2.53. The van der Waals surface area contributed by atoms with Gasteiger partial charge in [0.2, 0.25) is 31.9 Å². The van der Waals surface area contributed by atoms with Crippen molar-refractivity contribution < 1.29 is 26.4 Å². The molecule has 3 atom stereocenters. The van der Waals surface area contributed by atoms with Crippen LogP contribution in [0.1, 0.15) is 65.2 Å². The van der Waals surface area contributed by atoms with Crippen LogP contribution < -0.4 is 29.6 Å². The van der Waals surface area contributed by atoms with E-state index in [0.717, 1.165) is 188 Å². The Kier molecular flexibility index (Phi) is 22.4. The van der Waals surface area contributed by atoms with Crippen LogP contribution in [0.4, 0.5) is 22.7 Å². The highest BCUT2D eigenvalue weighted by Gasteiger charge is 2.28. The van der Waals surface area contributed by atoms with Gasteiger partial charge in [-0.25, -0.2) is 25.9 Å². The van der Waals surface area contributed by atoms with E-state index in [9.17, 15) is 26.4 Å². The van der Waals surface area contributed by atoms with Crippen molar-refractivity contribution in [3.05, 3.63) is 93.4 Å². The number of carbonyl (C=O) groups is 2. The predicted molar refractivity (Wildman–Crippen MR) is 356 cm³/mol. The summed E-state index contributed by atoms with van der Waals surface area (Å²) in [6, 6.07) is 15.5. The summed E-state index contributed by atoms with van der Waals surface area (Å²) >= 11 is 24.8. The molecule has 0 radical (unpaired) electrons. The van der Waals surface area contributed by atoms with Gasteiger partial charge in [-0.2, -0.15) is 20.4 Å². The molecular formula is C60H80Cl4N16O6S2. The van der Waals surface area contributed by atoms with Crippen molar-refractivity contribution in [2.75, 3.05) is 125 Å². The topological polar surface area (TPSA) is 261 Å². The van der Waals surface area contributed by atoms with Crippen molar-refractivity contribution in [2.45, 2.75) is 65.2 Å². The normalized spacial score (nSPS) is 18.6. The minimum absolute atomic E-state index is 0.0344. The van der Waals surface area contributed by atoms with E-state index >= 15 is 0 Å². The van der Waals surface area contributed by atoms with Gasteiger partial charge in [0.05, 0.1) is 59.4 Å². The number of hydrogen-bond donors (Lipinski definition) is 6. The first-order valence-corrected chi connectivity index (χ1v) is 35.0. The summed E-state index contributed by atoms with van der Waals surface area (Å²) in [6.07, 6.45) is 18.3. The molecule has 0 spiro atoms. The first-order chi connectivity index (χ1) is 41.9. The fourth-order valence-corrected chi connectivity index (χ4v) is 14.2. The monoisotopic (exact) mass is 1320 g/mol. The lowest BCUT2D eigenvalue weighted by Gasteiger charge is -2.36. The van der Waals surface area contributed by atoms with Crippen LogP contribution in [0.25, 0.3) is 43.6 Å². The molecule has 4 aliphatic rings. The summed E-state index contributed by atoms with van der Waals surface area (Å²) < 4.78 is 49.8. The molecule has 0 bridgehead atoms. The van der Waals surface area contributed by atoms with E-state index in [1.54, 1.807) is 27.1 Å². The van der Waals surface area contributed by atoms with Crippen molar-refractivity contribution in [2.24, 2.45) is 23.7 Å². The molecule has 3 unspecified atom stereocenters. The largest absolute Gasteiger partial charge is 0.371 e. The Morgan fingerprint density at radius 2 is 0.875 bits per heavy atom. The number of sulfonamides is 2. The van der Waals surface area contributed by atoms with E-state index in [4.69, 9.17) is 46.4 Å². The Labute approximate surface area is 534 Å². The molecule has 88 heavy (non-hydrogen) atoms. The summed E-state index contributed by atoms with van der Waals surface area (Å²) in [7, 11) is -2.76. The summed E-state index contributed by atoms with van der Waals surface area (Å²) in [6.45, 7) is 13.2. The third-order valence-corrected chi connectivity index (χ3v) is 19.8. The molecule has 6 N–H and O–H groups in total. The summed E-state index contributed by atoms with van der Waals surface area (Å²) in [5, 5.41) is 38.3. The maximum Gasteiger partial charge on any atom is 0.219 e. The third kappa shape index (κ3) is 17.8. The van der Waals surface area contributed by atoms with E-state index in [-0.39, 0.29) is 11.8 Å². The summed E-state index contributed by atoms with van der Waals surface area (Å²) in [4.78, 5) is 33.5. The SMILES string of the molecule is CC(=O)N(C)CC1CCN(c2cc(Cl)cc3[nH]ncc23)CC1.CC(=O)NCC1CCCN(c2cc(Cl)cc3[nH]ncc23)C1.CN(CC1CCCN(c2cc(Cl)cc3[nH]ncc23)C1)S(C)(=O)=O.CS(=O)(=O)NCC1CCCN(c2cc(Cl)cc3[nH]ncc23)C1. The van der Waals surface area contributed by atoms with Crippen LogP contribution in [0.5, 0.6) is 0 Å². The molecule has 4 saturated heterocycles. The van der Waals surface area contributed by atoms with Gasteiger partial charge in [-0.15, -0.1) is 0 Å². The van der Waals surface area contributed by atoms with Crippen molar-refractivity contribution in [3.63, 3.8) is 0 Å². The molecule has 2 amide bonds. The lowest BCUT2D eigenvalue weighted by molar-refractivity contribution is -0.128. The van der Waals surface area contributed by atoms with E-state index < -0.39 is 20.0 Å². The number of benzene rings is 4. The molecule has 4 fully saturated rings. The number of piperidine rings is 4. The number of halogens is 4. The molecular weight excluding hydrogens is 1250 g/mol. The molecule has 12 rings (SSSR count). The van der Waals surface area contributed by atoms with Gasteiger partial charge < -0.3 is 29.8 Å². The van der Waals surface area contributed by atoms with E-state index in [1.807, 2.05) is 79.1 Å². The van der Waals surface area contributed by atoms with Crippen molar-refractivity contribution in [1.29, 1.82) is 0 Å². The predicted octanol–water partition coefficient (Wildman–Crippen LogP) is 9.79. The highest BCUT2D eigenvalue weighted by Crippen LogP contribution is 2.37. The quantitative estimate of drug-likeness (QED) is 0.0592. The Hall–Kier alpha value is -6.12. The zero-order valence-electron chi connectivity index (χ0n) is 50.6. The van der Waals surface area contributed by atoms with Gasteiger partial charge in [0.25, 0.3) is 0 Å². The van der Waals surface area contributed by atoms with Gasteiger partial charge in [0.15, 0.2) is 0 Å². The molecule has 4 aliphatic heterocycles. The Morgan fingerprint density at radius 3 is 1.24 bits per heavy atom. The lowest BCUT2D eigenvalue weighted by Crippen LogP contribution is -2.41. The van der Waals surface area contributed by atoms with Crippen LogP contribution in [0, 0.1) is 23.7 Å². The second-order valence-corrected chi connectivity index (χ2v) is 29.5. The molecule has 22 nitrogen and oxygen atoms in total. The van der Waals surface area contributed by atoms with Crippen LogP contribution in [-0.4, -0.2) is 184 Å². The zero-order chi connectivity index (χ0) is 62.9. The number of H-pyrrole nitrogens is 4. The number of carbonyl (C=O) groups excluding carboxylic acids is 2. The Bertz CT molecular complexity index is 3910. The molecule has 28 heteroatoms. The number of aromatic nitrogens is 8. The molecule has 8 aromatic rings. The molecule has 476 valence electrons. The van der Waals surface area contributed by atoms with Gasteiger partial charge in [0, 0.05) is 171 Å². The van der Waals surface area contributed by atoms with Gasteiger partial charge >= 0.3 is 0 Å². The van der Waals surface area contributed by atoms with E-state index in [0.29, 0.717) is 51.8 Å². The highest BCUT2D eigenvalue weighted by atomic mass is 35.5. The van der Waals surface area contributed by atoms with Crippen LogP contribution >= 0.6 is 46.4 Å². The fraction of sp³-hybridized carbons (Fsp3) is 0.500. The van der Waals surface area contributed by atoms with Crippen LogP contribution in [0.15, 0.2) is 73.3 Å². The maximum absolute atomic E-state index is 11.6. The van der Waals surface area contributed by atoms with Gasteiger partial charge in [-0.1, -0.05) is 46.4 Å². The van der Waals surface area contributed by atoms with Crippen LogP contribution in [0.3, 0.4) is 0 Å². The number of nitrogens with one attached hydrogen (secondary N) is 6. The molecule has 4 aromatic heterocycles. The van der Waals surface area contributed by atoms with Crippen molar-refractivity contribution >= 4 is 145 Å².